The molecule has 0 radical (unpaired) electrons. The standard InChI is InChI=1S/C37H40N2O6/c1-38-15-13-23-18-32-30(41-4)21-27(23)28(38)17-22-7-10-26(11-8-22)44-31-20-25(9-12-29(31)40-3)35-34-24(14-16-39(35)2)19-33(42-5)36(43-6)37(34)45-32/h7-12,18-21,28,35H,13-17H2,1-6H3/t28-,35-/m0/s1. The first kappa shape index (κ1) is 29.3. The van der Waals surface area contributed by atoms with Gasteiger partial charge in [-0.25, -0.2) is 0 Å². The monoisotopic (exact) mass is 608 g/mol. The van der Waals surface area contributed by atoms with E-state index in [1.54, 1.807) is 28.4 Å². The third kappa shape index (κ3) is 5.12. The molecule has 0 spiro atoms. The predicted molar refractivity (Wildman–Crippen MR) is 173 cm³/mol. The van der Waals surface area contributed by atoms with Crippen LogP contribution in [-0.4, -0.2) is 65.4 Å². The number of nitrogens with zero attached hydrogens (tertiary/aromatic N) is 2. The third-order valence-corrected chi connectivity index (χ3v) is 9.54. The van der Waals surface area contributed by atoms with Crippen LogP contribution in [0.4, 0.5) is 0 Å². The molecule has 8 nitrogen and oxygen atoms in total. The van der Waals surface area contributed by atoms with Gasteiger partial charge in [-0.1, -0.05) is 18.2 Å². The summed E-state index contributed by atoms with van der Waals surface area (Å²) in [6.07, 6.45) is 2.61. The summed E-state index contributed by atoms with van der Waals surface area (Å²) in [6.45, 7) is 1.80. The topological polar surface area (TPSA) is 61.9 Å². The molecule has 0 N–H and O–H groups in total. The fraction of sp³-hybridized carbons (Fsp3) is 0.351. The van der Waals surface area contributed by atoms with Crippen LogP contribution >= 0.6 is 0 Å². The van der Waals surface area contributed by atoms with Gasteiger partial charge in [-0.15, -0.1) is 0 Å². The molecule has 8 heteroatoms. The quantitative estimate of drug-likeness (QED) is 0.246. The predicted octanol–water partition coefficient (Wildman–Crippen LogP) is 6.97. The Balaban J connectivity index is 1.51. The van der Waals surface area contributed by atoms with E-state index in [4.69, 9.17) is 28.4 Å². The van der Waals surface area contributed by atoms with E-state index in [-0.39, 0.29) is 12.1 Å². The Morgan fingerprint density at radius 1 is 0.667 bits per heavy atom. The van der Waals surface area contributed by atoms with Crippen molar-refractivity contribution in [2.24, 2.45) is 0 Å². The number of benzene rings is 4. The third-order valence-electron chi connectivity index (χ3n) is 9.54. The van der Waals surface area contributed by atoms with Crippen molar-refractivity contribution in [1.29, 1.82) is 0 Å². The largest absolute Gasteiger partial charge is 0.493 e. The molecule has 0 fully saturated rings. The molecule has 234 valence electrons. The molecular weight excluding hydrogens is 568 g/mol. The maximum Gasteiger partial charge on any atom is 0.204 e. The molecule has 45 heavy (non-hydrogen) atoms. The van der Waals surface area contributed by atoms with Crippen molar-refractivity contribution < 1.29 is 28.4 Å². The molecule has 8 bridgehead atoms. The lowest BCUT2D eigenvalue weighted by Crippen LogP contribution is -2.33. The van der Waals surface area contributed by atoms with E-state index in [2.05, 4.69) is 66.4 Å². The minimum Gasteiger partial charge on any atom is -0.493 e. The van der Waals surface area contributed by atoms with Crippen molar-refractivity contribution in [2.45, 2.75) is 31.3 Å². The van der Waals surface area contributed by atoms with Gasteiger partial charge >= 0.3 is 0 Å². The van der Waals surface area contributed by atoms with Crippen LogP contribution in [0.2, 0.25) is 0 Å². The molecule has 0 aliphatic carbocycles. The molecule has 0 unspecified atom stereocenters. The molecule has 4 aromatic carbocycles. The Morgan fingerprint density at radius 2 is 1.38 bits per heavy atom. The molecular formula is C37H40N2O6. The van der Waals surface area contributed by atoms with Crippen LogP contribution in [0.15, 0.2) is 60.7 Å². The molecule has 2 atom stereocenters. The Bertz CT molecular complexity index is 1740. The van der Waals surface area contributed by atoms with Crippen molar-refractivity contribution in [1.82, 2.24) is 9.80 Å². The first-order chi connectivity index (χ1) is 21.9. The Kier molecular flexibility index (Phi) is 7.71. The van der Waals surface area contributed by atoms with Crippen molar-refractivity contribution in [2.75, 3.05) is 55.6 Å². The average Bonchev–Trinajstić information content (AvgIpc) is 3.06. The van der Waals surface area contributed by atoms with E-state index in [9.17, 15) is 0 Å². The zero-order valence-corrected chi connectivity index (χ0v) is 26.8. The Labute approximate surface area is 265 Å². The van der Waals surface area contributed by atoms with E-state index in [0.29, 0.717) is 40.2 Å². The fourth-order valence-corrected chi connectivity index (χ4v) is 7.14. The molecule has 0 saturated heterocycles. The number of rotatable bonds is 4. The van der Waals surface area contributed by atoms with Crippen LogP contribution in [0.25, 0.3) is 0 Å². The van der Waals surface area contributed by atoms with E-state index >= 15 is 0 Å². The van der Waals surface area contributed by atoms with Crippen LogP contribution in [0.3, 0.4) is 0 Å². The van der Waals surface area contributed by atoms with E-state index < -0.39 is 0 Å². The number of likely N-dealkylation sites (N-methyl/N-ethyl adjacent to an activating group) is 2. The second kappa shape index (κ2) is 11.8. The van der Waals surface area contributed by atoms with Gasteiger partial charge in [0.25, 0.3) is 0 Å². The van der Waals surface area contributed by atoms with Gasteiger partial charge in [0.15, 0.2) is 34.5 Å². The second-order valence-electron chi connectivity index (χ2n) is 12.1. The molecule has 0 saturated carbocycles. The van der Waals surface area contributed by atoms with Crippen molar-refractivity contribution in [3.05, 3.63) is 94.0 Å². The Hall–Kier alpha value is -4.40. The van der Waals surface area contributed by atoms with Gasteiger partial charge in [0.2, 0.25) is 5.75 Å². The van der Waals surface area contributed by atoms with Gasteiger partial charge in [-0.2, -0.15) is 0 Å². The summed E-state index contributed by atoms with van der Waals surface area (Å²) in [7, 11) is 11.0. The van der Waals surface area contributed by atoms with E-state index in [1.165, 1.54) is 16.7 Å². The van der Waals surface area contributed by atoms with Gasteiger partial charge in [0.1, 0.15) is 5.75 Å². The SMILES string of the molecule is COc1ccc2cc1Oc1ccc(cc1)C[C@H]1c3cc(OC)c(cc3CCN1C)Oc1c(OC)c(OC)cc3c1[C@H]2N(C)CC3. The highest BCUT2D eigenvalue weighted by molar-refractivity contribution is 5.65. The molecule has 4 aromatic rings. The summed E-state index contributed by atoms with van der Waals surface area (Å²) in [5, 5.41) is 0. The Morgan fingerprint density at radius 3 is 2.11 bits per heavy atom. The van der Waals surface area contributed by atoms with Gasteiger partial charge in [-0.3, -0.25) is 9.80 Å². The van der Waals surface area contributed by atoms with Gasteiger partial charge in [0, 0.05) is 24.7 Å². The fourth-order valence-electron chi connectivity index (χ4n) is 7.14. The summed E-state index contributed by atoms with van der Waals surface area (Å²) in [6, 6.07) is 21.0. The minimum atomic E-state index is -0.153. The van der Waals surface area contributed by atoms with Crippen molar-refractivity contribution in [3.63, 3.8) is 0 Å². The normalized spacial score (nSPS) is 19.1. The summed E-state index contributed by atoms with van der Waals surface area (Å²) in [4.78, 5) is 4.76. The molecule has 5 aliphatic heterocycles. The van der Waals surface area contributed by atoms with E-state index in [1.807, 2.05) is 18.2 Å². The summed E-state index contributed by atoms with van der Waals surface area (Å²) < 4.78 is 37.1. The zero-order chi connectivity index (χ0) is 31.2. The van der Waals surface area contributed by atoms with Crippen LogP contribution < -0.4 is 28.4 Å². The minimum absolute atomic E-state index is 0.153. The van der Waals surface area contributed by atoms with Gasteiger partial charge in [-0.05, 0) is 104 Å². The van der Waals surface area contributed by atoms with Crippen LogP contribution in [0, 0.1) is 0 Å². The maximum atomic E-state index is 6.98. The average molecular weight is 609 g/mol. The first-order valence-electron chi connectivity index (χ1n) is 15.4. The first-order valence-corrected chi connectivity index (χ1v) is 15.4. The van der Waals surface area contributed by atoms with Crippen LogP contribution in [-0.2, 0) is 19.3 Å². The maximum absolute atomic E-state index is 6.98. The summed E-state index contributed by atoms with van der Waals surface area (Å²) in [5.74, 6) is 5.23. The molecule has 0 amide bonds. The van der Waals surface area contributed by atoms with E-state index in [0.717, 1.165) is 54.8 Å². The molecule has 5 aliphatic rings. The highest BCUT2D eigenvalue weighted by Crippen LogP contribution is 2.53. The molecule has 5 heterocycles. The van der Waals surface area contributed by atoms with Gasteiger partial charge < -0.3 is 28.4 Å². The number of methoxy groups -OCH3 is 4. The lowest BCUT2D eigenvalue weighted by molar-refractivity contribution is 0.228. The van der Waals surface area contributed by atoms with Crippen molar-refractivity contribution in [3.8, 4) is 46.0 Å². The van der Waals surface area contributed by atoms with Crippen molar-refractivity contribution >= 4 is 0 Å². The van der Waals surface area contributed by atoms with Crippen LogP contribution in [0.1, 0.15) is 45.5 Å². The summed E-state index contributed by atoms with van der Waals surface area (Å²) in [5.41, 5.74) is 6.97. The zero-order valence-electron chi connectivity index (χ0n) is 26.8. The highest BCUT2D eigenvalue weighted by Gasteiger charge is 2.35. The number of hydrogen-bond donors (Lipinski definition) is 0. The second-order valence-corrected chi connectivity index (χ2v) is 12.1. The van der Waals surface area contributed by atoms with Crippen LogP contribution in [0.5, 0.6) is 46.0 Å². The molecule has 0 aromatic heterocycles. The smallest absolute Gasteiger partial charge is 0.204 e. The lowest BCUT2D eigenvalue weighted by atomic mass is 9.86. The number of ether oxygens (including phenoxy) is 6. The molecule has 9 rings (SSSR count). The number of fused-ring (bicyclic) bond motifs is 1. The van der Waals surface area contributed by atoms with Gasteiger partial charge in [0.05, 0.1) is 34.5 Å². The number of hydrogen-bond acceptors (Lipinski definition) is 8. The highest BCUT2D eigenvalue weighted by atomic mass is 16.5. The summed E-state index contributed by atoms with van der Waals surface area (Å²) >= 11 is 0. The lowest BCUT2D eigenvalue weighted by Gasteiger charge is -2.37.